The molecule has 0 saturated carbocycles. The SMILES string of the molecule is CCc1cccc(C)c1NC(=O)c1ccnc(Nc2ccc(F)cc2F)n1. The van der Waals surface area contributed by atoms with Crippen molar-refractivity contribution < 1.29 is 13.6 Å². The lowest BCUT2D eigenvalue weighted by molar-refractivity contribution is 0.102. The van der Waals surface area contributed by atoms with E-state index in [0.717, 1.165) is 35.4 Å². The summed E-state index contributed by atoms with van der Waals surface area (Å²) in [6.07, 6.45) is 2.17. The van der Waals surface area contributed by atoms with Crippen LogP contribution < -0.4 is 10.6 Å². The van der Waals surface area contributed by atoms with E-state index in [2.05, 4.69) is 20.6 Å². The summed E-state index contributed by atoms with van der Waals surface area (Å²) in [6, 6.07) is 10.4. The topological polar surface area (TPSA) is 66.9 Å². The highest BCUT2D eigenvalue weighted by Gasteiger charge is 2.13. The second-order valence-corrected chi connectivity index (χ2v) is 5.93. The number of hydrogen-bond donors (Lipinski definition) is 2. The Morgan fingerprint density at radius 3 is 2.70 bits per heavy atom. The Bertz CT molecular complexity index is 991. The molecule has 2 N–H and O–H groups in total. The van der Waals surface area contributed by atoms with Crippen LogP contribution in [0.2, 0.25) is 0 Å². The zero-order chi connectivity index (χ0) is 19.4. The van der Waals surface area contributed by atoms with E-state index in [0.29, 0.717) is 0 Å². The highest BCUT2D eigenvalue weighted by Crippen LogP contribution is 2.22. The zero-order valence-corrected chi connectivity index (χ0v) is 14.9. The highest BCUT2D eigenvalue weighted by atomic mass is 19.1. The quantitative estimate of drug-likeness (QED) is 0.689. The van der Waals surface area contributed by atoms with Crippen LogP contribution >= 0.6 is 0 Å². The molecule has 0 fully saturated rings. The number of anilines is 3. The molecular weight excluding hydrogens is 350 g/mol. The van der Waals surface area contributed by atoms with E-state index in [1.807, 2.05) is 32.0 Å². The van der Waals surface area contributed by atoms with Crippen molar-refractivity contribution in [2.24, 2.45) is 0 Å². The molecule has 3 aromatic rings. The van der Waals surface area contributed by atoms with Gasteiger partial charge in [-0.3, -0.25) is 4.79 Å². The molecule has 7 heteroatoms. The van der Waals surface area contributed by atoms with Crippen molar-refractivity contribution in [1.29, 1.82) is 0 Å². The fourth-order valence-corrected chi connectivity index (χ4v) is 2.64. The van der Waals surface area contributed by atoms with Crippen molar-refractivity contribution in [2.45, 2.75) is 20.3 Å². The molecule has 0 bridgehead atoms. The standard InChI is InChI=1S/C20H18F2N4O/c1-3-13-6-4-5-12(2)18(13)26-19(27)17-9-10-23-20(25-17)24-16-8-7-14(21)11-15(16)22/h4-11H,3H2,1-2H3,(H,26,27)(H,23,24,25). The number of amides is 1. The molecule has 1 amide bonds. The molecule has 3 rings (SSSR count). The van der Waals surface area contributed by atoms with E-state index in [9.17, 15) is 13.6 Å². The van der Waals surface area contributed by atoms with Gasteiger partial charge in [-0.25, -0.2) is 18.7 Å². The number of hydrogen-bond acceptors (Lipinski definition) is 4. The smallest absolute Gasteiger partial charge is 0.274 e. The Balaban J connectivity index is 1.82. The Kier molecular flexibility index (Phi) is 5.40. The summed E-state index contributed by atoms with van der Waals surface area (Å²) < 4.78 is 26.8. The third kappa shape index (κ3) is 4.25. The average molecular weight is 368 g/mol. The van der Waals surface area contributed by atoms with Crippen molar-refractivity contribution in [2.75, 3.05) is 10.6 Å². The summed E-state index contributed by atoms with van der Waals surface area (Å²) in [5, 5.41) is 5.52. The molecule has 5 nitrogen and oxygen atoms in total. The first-order chi connectivity index (χ1) is 13.0. The van der Waals surface area contributed by atoms with Gasteiger partial charge in [0.2, 0.25) is 5.95 Å². The van der Waals surface area contributed by atoms with Crippen molar-refractivity contribution in [3.63, 3.8) is 0 Å². The summed E-state index contributed by atoms with van der Waals surface area (Å²) in [4.78, 5) is 20.7. The van der Waals surface area contributed by atoms with Gasteiger partial charge in [-0.1, -0.05) is 25.1 Å². The van der Waals surface area contributed by atoms with Crippen LogP contribution in [-0.4, -0.2) is 15.9 Å². The van der Waals surface area contributed by atoms with E-state index < -0.39 is 17.5 Å². The molecule has 0 aliphatic heterocycles. The minimum Gasteiger partial charge on any atom is -0.322 e. The molecule has 0 spiro atoms. The number of aryl methyl sites for hydroxylation is 2. The molecule has 0 unspecified atom stereocenters. The Labute approximate surface area is 155 Å². The van der Waals surface area contributed by atoms with Crippen LogP contribution in [0.4, 0.5) is 26.1 Å². The molecule has 27 heavy (non-hydrogen) atoms. The molecular formula is C20H18F2N4O. The molecule has 0 radical (unpaired) electrons. The first-order valence-corrected chi connectivity index (χ1v) is 8.43. The molecule has 0 aliphatic carbocycles. The normalized spacial score (nSPS) is 10.5. The van der Waals surface area contributed by atoms with E-state index in [-0.39, 0.29) is 17.3 Å². The maximum Gasteiger partial charge on any atom is 0.274 e. The molecule has 2 aromatic carbocycles. The summed E-state index contributed by atoms with van der Waals surface area (Å²) in [5.74, 6) is -1.82. The van der Waals surface area contributed by atoms with Crippen molar-refractivity contribution >= 4 is 23.2 Å². The first-order valence-electron chi connectivity index (χ1n) is 8.43. The predicted octanol–water partition coefficient (Wildman–Crippen LogP) is 4.62. The fourth-order valence-electron chi connectivity index (χ4n) is 2.64. The van der Waals surface area contributed by atoms with E-state index in [4.69, 9.17) is 0 Å². The summed E-state index contributed by atoms with van der Waals surface area (Å²) >= 11 is 0. The predicted molar refractivity (Wildman–Crippen MR) is 100 cm³/mol. The number of carbonyl (C=O) groups excluding carboxylic acids is 1. The average Bonchev–Trinajstić information content (AvgIpc) is 2.66. The minimum absolute atomic E-state index is 0.0149. The van der Waals surface area contributed by atoms with Gasteiger partial charge in [0.15, 0.2) is 0 Å². The Morgan fingerprint density at radius 2 is 1.96 bits per heavy atom. The second-order valence-electron chi connectivity index (χ2n) is 5.93. The number of carbonyl (C=O) groups is 1. The van der Waals surface area contributed by atoms with Crippen LogP contribution in [0.15, 0.2) is 48.7 Å². The number of benzene rings is 2. The number of halogens is 2. The second kappa shape index (κ2) is 7.90. The van der Waals surface area contributed by atoms with Gasteiger partial charge in [-0.05, 0) is 42.7 Å². The van der Waals surface area contributed by atoms with Crippen LogP contribution in [0.25, 0.3) is 0 Å². The van der Waals surface area contributed by atoms with Gasteiger partial charge >= 0.3 is 0 Å². The van der Waals surface area contributed by atoms with Crippen LogP contribution in [0.5, 0.6) is 0 Å². The number of nitrogens with one attached hydrogen (secondary N) is 2. The van der Waals surface area contributed by atoms with Gasteiger partial charge in [-0.15, -0.1) is 0 Å². The van der Waals surface area contributed by atoms with Crippen LogP contribution in [-0.2, 0) is 6.42 Å². The number of nitrogens with zero attached hydrogens (tertiary/aromatic N) is 2. The largest absolute Gasteiger partial charge is 0.322 e. The van der Waals surface area contributed by atoms with Gasteiger partial charge in [0.25, 0.3) is 5.91 Å². The van der Waals surface area contributed by atoms with Gasteiger partial charge in [0.05, 0.1) is 5.69 Å². The molecule has 0 saturated heterocycles. The molecule has 1 heterocycles. The minimum atomic E-state index is -0.777. The van der Waals surface area contributed by atoms with Gasteiger partial charge in [0.1, 0.15) is 17.3 Å². The zero-order valence-electron chi connectivity index (χ0n) is 14.9. The maximum atomic E-state index is 13.8. The number of aromatic nitrogens is 2. The summed E-state index contributed by atoms with van der Waals surface area (Å²) in [7, 11) is 0. The van der Waals surface area contributed by atoms with E-state index in [1.54, 1.807) is 0 Å². The van der Waals surface area contributed by atoms with Crippen LogP contribution in [0.3, 0.4) is 0 Å². The maximum absolute atomic E-state index is 13.8. The number of rotatable bonds is 5. The lowest BCUT2D eigenvalue weighted by atomic mass is 10.1. The van der Waals surface area contributed by atoms with Crippen molar-refractivity contribution in [3.05, 3.63) is 77.1 Å². The Morgan fingerprint density at radius 1 is 1.15 bits per heavy atom. The monoisotopic (exact) mass is 368 g/mol. The molecule has 1 aromatic heterocycles. The fraction of sp³-hybridized carbons (Fsp3) is 0.150. The molecule has 0 atom stereocenters. The highest BCUT2D eigenvalue weighted by molar-refractivity contribution is 6.03. The lowest BCUT2D eigenvalue weighted by Crippen LogP contribution is -2.16. The summed E-state index contributed by atoms with van der Waals surface area (Å²) in [5.41, 5.74) is 2.86. The van der Waals surface area contributed by atoms with Gasteiger partial charge in [-0.2, -0.15) is 0 Å². The van der Waals surface area contributed by atoms with Crippen LogP contribution in [0.1, 0.15) is 28.5 Å². The van der Waals surface area contributed by atoms with E-state index in [1.165, 1.54) is 18.3 Å². The Hall–Kier alpha value is -3.35. The van der Waals surface area contributed by atoms with Crippen molar-refractivity contribution in [3.8, 4) is 0 Å². The third-order valence-electron chi connectivity index (χ3n) is 4.04. The van der Waals surface area contributed by atoms with Crippen molar-refractivity contribution in [1.82, 2.24) is 9.97 Å². The third-order valence-corrected chi connectivity index (χ3v) is 4.04. The number of para-hydroxylation sites is 1. The van der Waals surface area contributed by atoms with Crippen LogP contribution in [0, 0.1) is 18.6 Å². The van der Waals surface area contributed by atoms with E-state index >= 15 is 0 Å². The summed E-state index contributed by atoms with van der Waals surface area (Å²) in [6.45, 7) is 3.92. The van der Waals surface area contributed by atoms with Gasteiger partial charge in [0, 0.05) is 18.0 Å². The molecule has 138 valence electrons. The van der Waals surface area contributed by atoms with Gasteiger partial charge < -0.3 is 10.6 Å². The molecule has 0 aliphatic rings. The first kappa shape index (κ1) is 18.4. The lowest BCUT2D eigenvalue weighted by Gasteiger charge is -2.13.